The summed E-state index contributed by atoms with van der Waals surface area (Å²) in [5, 5.41) is 5.25. The molecule has 1 atom stereocenters. The molecular weight excluding hydrogens is 373 g/mol. The van der Waals surface area contributed by atoms with Gasteiger partial charge in [-0.2, -0.15) is 0 Å². The molecule has 0 saturated heterocycles. The lowest BCUT2D eigenvalue weighted by Gasteiger charge is -2.15. The predicted octanol–water partition coefficient (Wildman–Crippen LogP) is 2.33. The first-order valence-corrected chi connectivity index (χ1v) is 9.38. The van der Waals surface area contributed by atoms with Crippen LogP contribution < -0.4 is 16.4 Å². The fourth-order valence-electron chi connectivity index (χ4n) is 2.84. The molecule has 3 rings (SSSR count). The molecule has 0 fully saturated rings. The number of nitrogens with two attached hydrogens (primary N) is 1. The van der Waals surface area contributed by atoms with E-state index < -0.39 is 6.04 Å². The summed E-state index contributed by atoms with van der Waals surface area (Å²) >= 11 is 0. The highest BCUT2D eigenvalue weighted by molar-refractivity contribution is 5.96. The number of imidazole rings is 1. The molecule has 3 aromatic rings. The number of carbonyl (C=O) groups is 2. The van der Waals surface area contributed by atoms with Gasteiger partial charge in [-0.1, -0.05) is 32.0 Å². The van der Waals surface area contributed by atoms with Crippen molar-refractivity contribution in [2.45, 2.75) is 26.3 Å². The summed E-state index contributed by atoms with van der Waals surface area (Å²) in [6, 6.07) is 11.1. The molecule has 0 aliphatic carbocycles. The molecule has 1 aromatic heterocycles. The minimum atomic E-state index is -0.656. The Morgan fingerprint density at radius 1 is 1.21 bits per heavy atom. The van der Waals surface area contributed by atoms with Gasteiger partial charge < -0.3 is 21.4 Å². The van der Waals surface area contributed by atoms with Gasteiger partial charge in [0.2, 0.25) is 11.8 Å². The molecule has 0 aliphatic rings. The zero-order valence-electron chi connectivity index (χ0n) is 16.3. The van der Waals surface area contributed by atoms with Crippen molar-refractivity contribution in [3.05, 3.63) is 59.7 Å². The monoisotopic (exact) mass is 397 g/mol. The number of aromatic amines is 1. The molecule has 29 heavy (non-hydrogen) atoms. The number of fused-ring (bicyclic) bond motifs is 1. The molecule has 0 radical (unpaired) electrons. The Balaban J connectivity index is 1.63. The minimum Gasteiger partial charge on any atom is -0.346 e. The van der Waals surface area contributed by atoms with Crippen LogP contribution in [-0.4, -0.2) is 34.4 Å². The lowest BCUT2D eigenvalue weighted by atomic mass is 10.1. The second kappa shape index (κ2) is 8.83. The zero-order valence-corrected chi connectivity index (χ0v) is 16.3. The van der Waals surface area contributed by atoms with Crippen LogP contribution in [0.3, 0.4) is 0 Å². The van der Waals surface area contributed by atoms with E-state index >= 15 is 0 Å². The van der Waals surface area contributed by atoms with Crippen LogP contribution in [0.15, 0.2) is 42.5 Å². The predicted molar refractivity (Wildman–Crippen MR) is 110 cm³/mol. The molecule has 0 spiro atoms. The van der Waals surface area contributed by atoms with Crippen LogP contribution >= 0.6 is 0 Å². The number of carbonyl (C=O) groups excluding carboxylic acids is 2. The van der Waals surface area contributed by atoms with E-state index in [1.165, 1.54) is 6.07 Å². The van der Waals surface area contributed by atoms with Crippen molar-refractivity contribution in [2.24, 2.45) is 11.7 Å². The van der Waals surface area contributed by atoms with Gasteiger partial charge in [0.1, 0.15) is 11.6 Å². The first kappa shape index (κ1) is 20.5. The Morgan fingerprint density at radius 3 is 2.69 bits per heavy atom. The number of halogens is 1. The summed E-state index contributed by atoms with van der Waals surface area (Å²) in [4.78, 5) is 31.5. The molecule has 0 aliphatic heterocycles. The van der Waals surface area contributed by atoms with E-state index in [2.05, 4.69) is 20.6 Å². The molecule has 8 heteroatoms. The van der Waals surface area contributed by atoms with Crippen LogP contribution in [0.2, 0.25) is 0 Å². The SMILES string of the molecule is CC(C)[C@H](N)C(=O)NCC(=O)Nc1ccc2nc(Cc3ccccc3F)[nH]c2c1. The van der Waals surface area contributed by atoms with Crippen LogP contribution in [0, 0.1) is 11.7 Å². The Hall–Kier alpha value is -3.26. The van der Waals surface area contributed by atoms with Gasteiger partial charge in [0.05, 0.1) is 23.6 Å². The maximum absolute atomic E-state index is 13.8. The van der Waals surface area contributed by atoms with Gasteiger partial charge in [0.15, 0.2) is 0 Å². The van der Waals surface area contributed by atoms with Gasteiger partial charge in [-0.15, -0.1) is 0 Å². The number of hydrogen-bond donors (Lipinski definition) is 4. The number of amides is 2. The maximum Gasteiger partial charge on any atom is 0.243 e. The summed E-state index contributed by atoms with van der Waals surface area (Å²) < 4.78 is 13.8. The van der Waals surface area contributed by atoms with E-state index in [1.54, 1.807) is 36.4 Å². The first-order valence-electron chi connectivity index (χ1n) is 9.38. The zero-order chi connectivity index (χ0) is 21.0. The smallest absolute Gasteiger partial charge is 0.243 e. The van der Waals surface area contributed by atoms with Crippen LogP contribution in [0.4, 0.5) is 10.1 Å². The largest absolute Gasteiger partial charge is 0.346 e. The average molecular weight is 397 g/mol. The summed E-state index contributed by atoms with van der Waals surface area (Å²) in [6.45, 7) is 3.51. The number of benzene rings is 2. The molecule has 5 N–H and O–H groups in total. The third-order valence-electron chi connectivity index (χ3n) is 4.57. The highest BCUT2D eigenvalue weighted by Gasteiger charge is 2.17. The van der Waals surface area contributed by atoms with E-state index in [0.717, 1.165) is 5.52 Å². The standard InChI is InChI=1S/C21H24FN5O2/c1-12(2)20(23)21(29)24-11-19(28)25-14-7-8-16-17(10-14)27-18(26-16)9-13-5-3-4-6-15(13)22/h3-8,10,12,20H,9,11,23H2,1-2H3,(H,24,29)(H,25,28)(H,26,27)/t20-/m0/s1. The molecule has 2 aromatic carbocycles. The van der Waals surface area contributed by atoms with Crippen LogP contribution in [0.5, 0.6) is 0 Å². The number of anilines is 1. The van der Waals surface area contributed by atoms with E-state index in [-0.39, 0.29) is 30.1 Å². The Morgan fingerprint density at radius 2 is 1.97 bits per heavy atom. The molecular formula is C21H24FN5O2. The second-order valence-corrected chi connectivity index (χ2v) is 7.22. The Kier molecular flexibility index (Phi) is 6.23. The average Bonchev–Trinajstić information content (AvgIpc) is 3.08. The van der Waals surface area contributed by atoms with E-state index in [9.17, 15) is 14.0 Å². The Labute approximate surface area is 167 Å². The summed E-state index contributed by atoms with van der Waals surface area (Å²) in [7, 11) is 0. The topological polar surface area (TPSA) is 113 Å². The second-order valence-electron chi connectivity index (χ2n) is 7.22. The highest BCUT2D eigenvalue weighted by atomic mass is 19.1. The van der Waals surface area contributed by atoms with Crippen molar-refractivity contribution in [2.75, 3.05) is 11.9 Å². The van der Waals surface area contributed by atoms with Crippen molar-refractivity contribution in [3.63, 3.8) is 0 Å². The number of nitrogens with one attached hydrogen (secondary N) is 3. The number of nitrogens with zero attached hydrogens (tertiary/aromatic N) is 1. The molecule has 2 amide bonds. The van der Waals surface area contributed by atoms with Gasteiger partial charge in [0.25, 0.3) is 0 Å². The minimum absolute atomic E-state index is 0.0144. The van der Waals surface area contributed by atoms with Crippen LogP contribution in [0.1, 0.15) is 25.2 Å². The third kappa shape index (κ3) is 5.17. The Bertz CT molecular complexity index is 1030. The lowest BCUT2D eigenvalue weighted by molar-refractivity contribution is -0.125. The number of rotatable bonds is 7. The van der Waals surface area contributed by atoms with Crippen LogP contribution in [-0.2, 0) is 16.0 Å². The van der Waals surface area contributed by atoms with E-state index in [1.807, 2.05) is 13.8 Å². The van der Waals surface area contributed by atoms with Gasteiger partial charge in [-0.25, -0.2) is 9.37 Å². The number of hydrogen-bond acceptors (Lipinski definition) is 4. The van der Waals surface area contributed by atoms with Crippen molar-refractivity contribution in [3.8, 4) is 0 Å². The van der Waals surface area contributed by atoms with Crippen molar-refractivity contribution < 1.29 is 14.0 Å². The molecule has 152 valence electrons. The normalized spacial score (nSPS) is 12.2. The number of aromatic nitrogens is 2. The molecule has 0 unspecified atom stereocenters. The van der Waals surface area contributed by atoms with Crippen molar-refractivity contribution in [1.29, 1.82) is 0 Å². The van der Waals surface area contributed by atoms with E-state index in [0.29, 0.717) is 29.0 Å². The summed E-state index contributed by atoms with van der Waals surface area (Å²) in [5.74, 6) is -0.389. The lowest BCUT2D eigenvalue weighted by Crippen LogP contribution is -2.46. The molecule has 0 saturated carbocycles. The quantitative estimate of drug-likeness (QED) is 0.490. The molecule has 0 bridgehead atoms. The summed E-state index contributed by atoms with van der Waals surface area (Å²) in [5.41, 5.74) is 8.30. The van der Waals surface area contributed by atoms with Gasteiger partial charge >= 0.3 is 0 Å². The number of H-pyrrole nitrogens is 1. The summed E-state index contributed by atoms with van der Waals surface area (Å²) in [6.07, 6.45) is 0.338. The van der Waals surface area contributed by atoms with Gasteiger partial charge in [0, 0.05) is 12.1 Å². The van der Waals surface area contributed by atoms with Crippen molar-refractivity contribution in [1.82, 2.24) is 15.3 Å². The molecule has 1 heterocycles. The molecule has 7 nitrogen and oxygen atoms in total. The van der Waals surface area contributed by atoms with Crippen molar-refractivity contribution >= 4 is 28.5 Å². The highest BCUT2D eigenvalue weighted by Crippen LogP contribution is 2.19. The van der Waals surface area contributed by atoms with Gasteiger partial charge in [-0.05, 0) is 35.7 Å². The fourth-order valence-corrected chi connectivity index (χ4v) is 2.84. The third-order valence-corrected chi connectivity index (χ3v) is 4.57. The van der Waals surface area contributed by atoms with Gasteiger partial charge in [-0.3, -0.25) is 9.59 Å². The maximum atomic E-state index is 13.8. The first-order chi connectivity index (χ1) is 13.8. The van der Waals surface area contributed by atoms with E-state index in [4.69, 9.17) is 5.73 Å². The van der Waals surface area contributed by atoms with Crippen LogP contribution in [0.25, 0.3) is 11.0 Å². The fraction of sp³-hybridized carbons (Fsp3) is 0.286.